The molecule has 0 aliphatic carbocycles. The number of rotatable bonds is 3. The minimum absolute atomic E-state index is 0.227. The van der Waals surface area contributed by atoms with Crippen LogP contribution >= 0.6 is 15.9 Å². The monoisotopic (exact) mass is 312 g/mol. The third kappa shape index (κ3) is 2.05. The van der Waals surface area contributed by atoms with Gasteiger partial charge in [-0.25, -0.2) is 4.79 Å². The van der Waals surface area contributed by atoms with Gasteiger partial charge < -0.3 is 5.11 Å². The molecule has 2 aromatic rings. The first-order chi connectivity index (χ1) is 8.41. The lowest BCUT2D eigenvalue weighted by atomic mass is 10.2. The van der Waals surface area contributed by atoms with Crippen molar-refractivity contribution >= 4 is 21.9 Å². The molecular weight excluding hydrogens is 300 g/mol. The Bertz CT molecular complexity index is 615. The Balaban J connectivity index is 2.38. The molecule has 0 amide bonds. The van der Waals surface area contributed by atoms with E-state index >= 15 is 0 Å². The standard InChI is InChI=1S/C11H13BrN4O2/c1-6-10(12)9(15(3)14-6)5-16-7(2)8(4-13-16)11(17)18/h4H,5H2,1-3H3,(H,17,18). The number of aromatic carboxylic acids is 1. The van der Waals surface area contributed by atoms with Crippen LogP contribution in [0.1, 0.15) is 27.4 Å². The van der Waals surface area contributed by atoms with Gasteiger partial charge in [-0.05, 0) is 29.8 Å². The maximum absolute atomic E-state index is 10.9. The van der Waals surface area contributed by atoms with E-state index in [1.54, 1.807) is 16.3 Å². The summed E-state index contributed by atoms with van der Waals surface area (Å²) >= 11 is 3.48. The highest BCUT2D eigenvalue weighted by atomic mass is 79.9. The second kappa shape index (κ2) is 4.56. The van der Waals surface area contributed by atoms with E-state index in [1.807, 2.05) is 14.0 Å². The number of carboxylic acids is 1. The number of nitrogens with zero attached hydrogens (tertiary/aromatic N) is 4. The summed E-state index contributed by atoms with van der Waals surface area (Å²) in [5, 5.41) is 17.4. The number of hydrogen-bond donors (Lipinski definition) is 1. The predicted octanol–water partition coefficient (Wildman–Crippen LogP) is 1.74. The van der Waals surface area contributed by atoms with E-state index in [0.717, 1.165) is 15.9 Å². The van der Waals surface area contributed by atoms with E-state index in [0.29, 0.717) is 12.2 Å². The Kier molecular flexibility index (Phi) is 3.25. The molecule has 0 saturated heterocycles. The largest absolute Gasteiger partial charge is 0.478 e. The van der Waals surface area contributed by atoms with Gasteiger partial charge in [-0.3, -0.25) is 9.36 Å². The fraction of sp³-hybridized carbons (Fsp3) is 0.364. The smallest absolute Gasteiger partial charge is 0.339 e. The van der Waals surface area contributed by atoms with Gasteiger partial charge in [0.1, 0.15) is 5.56 Å². The van der Waals surface area contributed by atoms with Crippen LogP contribution in [-0.2, 0) is 13.6 Å². The first-order valence-electron chi connectivity index (χ1n) is 5.35. The number of aromatic nitrogens is 4. The van der Waals surface area contributed by atoms with E-state index in [4.69, 9.17) is 5.11 Å². The van der Waals surface area contributed by atoms with Crippen molar-refractivity contribution in [3.63, 3.8) is 0 Å². The van der Waals surface area contributed by atoms with Crippen LogP contribution in [-0.4, -0.2) is 30.6 Å². The number of aryl methyl sites for hydroxylation is 2. The van der Waals surface area contributed by atoms with Crippen molar-refractivity contribution in [3.05, 3.63) is 33.3 Å². The van der Waals surface area contributed by atoms with Crippen molar-refractivity contribution in [2.24, 2.45) is 7.05 Å². The van der Waals surface area contributed by atoms with Gasteiger partial charge in [0.25, 0.3) is 0 Å². The molecule has 7 heteroatoms. The number of hydrogen-bond acceptors (Lipinski definition) is 3. The molecule has 0 bridgehead atoms. The third-order valence-corrected chi connectivity index (χ3v) is 3.93. The van der Waals surface area contributed by atoms with Crippen LogP contribution in [0.5, 0.6) is 0 Å². The SMILES string of the molecule is Cc1nn(C)c(Cn2ncc(C(=O)O)c2C)c1Br. The Hall–Kier alpha value is -1.63. The van der Waals surface area contributed by atoms with Crippen molar-refractivity contribution < 1.29 is 9.90 Å². The molecule has 0 aliphatic rings. The Morgan fingerprint density at radius 3 is 2.61 bits per heavy atom. The molecule has 0 aliphatic heterocycles. The molecule has 0 spiro atoms. The van der Waals surface area contributed by atoms with Gasteiger partial charge in [0.15, 0.2) is 0 Å². The highest BCUT2D eigenvalue weighted by molar-refractivity contribution is 9.10. The number of carboxylic acid groups (broad SMARTS) is 1. The van der Waals surface area contributed by atoms with E-state index in [1.165, 1.54) is 6.20 Å². The molecular formula is C11H13BrN4O2. The number of carbonyl (C=O) groups is 1. The summed E-state index contributed by atoms with van der Waals surface area (Å²) in [4.78, 5) is 10.9. The molecule has 2 rings (SSSR count). The zero-order valence-corrected chi connectivity index (χ0v) is 11.9. The van der Waals surface area contributed by atoms with Gasteiger partial charge in [-0.1, -0.05) is 0 Å². The van der Waals surface area contributed by atoms with Gasteiger partial charge in [0.05, 0.1) is 34.3 Å². The minimum atomic E-state index is -0.959. The van der Waals surface area contributed by atoms with Gasteiger partial charge in [0, 0.05) is 7.05 Å². The molecule has 2 heterocycles. The van der Waals surface area contributed by atoms with Crippen molar-refractivity contribution in [2.45, 2.75) is 20.4 Å². The van der Waals surface area contributed by atoms with Crippen molar-refractivity contribution in [2.75, 3.05) is 0 Å². The van der Waals surface area contributed by atoms with Crippen molar-refractivity contribution in [1.29, 1.82) is 0 Å². The van der Waals surface area contributed by atoms with Crippen LogP contribution in [0, 0.1) is 13.8 Å². The van der Waals surface area contributed by atoms with Crippen LogP contribution in [0.3, 0.4) is 0 Å². The second-order valence-corrected chi connectivity index (χ2v) is 4.87. The molecule has 0 atom stereocenters. The minimum Gasteiger partial charge on any atom is -0.478 e. The van der Waals surface area contributed by atoms with Crippen LogP contribution in [0.2, 0.25) is 0 Å². The summed E-state index contributed by atoms with van der Waals surface area (Å²) < 4.78 is 4.35. The Morgan fingerprint density at radius 1 is 1.50 bits per heavy atom. The maximum Gasteiger partial charge on any atom is 0.339 e. The lowest BCUT2D eigenvalue weighted by Crippen LogP contribution is -2.09. The number of halogens is 1. The molecule has 96 valence electrons. The van der Waals surface area contributed by atoms with Crippen LogP contribution in [0.25, 0.3) is 0 Å². The fourth-order valence-corrected chi connectivity index (χ4v) is 2.27. The van der Waals surface area contributed by atoms with Crippen LogP contribution < -0.4 is 0 Å². The van der Waals surface area contributed by atoms with Crippen LogP contribution in [0.15, 0.2) is 10.7 Å². The summed E-state index contributed by atoms with van der Waals surface area (Å²) in [6, 6.07) is 0. The van der Waals surface area contributed by atoms with Gasteiger partial charge in [-0.15, -0.1) is 0 Å². The van der Waals surface area contributed by atoms with Crippen LogP contribution in [0.4, 0.5) is 0 Å². The molecule has 0 fully saturated rings. The average Bonchev–Trinajstić information content (AvgIpc) is 2.76. The first kappa shape index (κ1) is 12.8. The summed E-state index contributed by atoms with van der Waals surface area (Å²) in [6.45, 7) is 4.14. The second-order valence-electron chi connectivity index (χ2n) is 4.08. The highest BCUT2D eigenvalue weighted by Gasteiger charge is 2.16. The topological polar surface area (TPSA) is 72.9 Å². The third-order valence-electron chi connectivity index (χ3n) is 2.89. The normalized spacial score (nSPS) is 10.9. The van der Waals surface area contributed by atoms with E-state index in [9.17, 15) is 4.79 Å². The average molecular weight is 313 g/mol. The lowest BCUT2D eigenvalue weighted by Gasteiger charge is -2.06. The van der Waals surface area contributed by atoms with Gasteiger partial charge in [0.2, 0.25) is 0 Å². The van der Waals surface area contributed by atoms with Gasteiger partial charge in [-0.2, -0.15) is 10.2 Å². The molecule has 0 unspecified atom stereocenters. The van der Waals surface area contributed by atoms with Crippen molar-refractivity contribution in [3.8, 4) is 0 Å². The highest BCUT2D eigenvalue weighted by Crippen LogP contribution is 2.21. The van der Waals surface area contributed by atoms with Gasteiger partial charge >= 0.3 is 5.97 Å². The summed E-state index contributed by atoms with van der Waals surface area (Å²) in [5.41, 5.74) is 2.71. The first-order valence-corrected chi connectivity index (χ1v) is 6.14. The van der Waals surface area contributed by atoms with Crippen molar-refractivity contribution in [1.82, 2.24) is 19.6 Å². The summed E-state index contributed by atoms with van der Waals surface area (Å²) in [6.07, 6.45) is 1.37. The zero-order valence-electron chi connectivity index (χ0n) is 10.3. The van der Waals surface area contributed by atoms with E-state index in [-0.39, 0.29) is 5.56 Å². The zero-order chi connectivity index (χ0) is 13.4. The van der Waals surface area contributed by atoms with E-state index in [2.05, 4.69) is 26.1 Å². The van der Waals surface area contributed by atoms with E-state index < -0.39 is 5.97 Å². The fourth-order valence-electron chi connectivity index (χ4n) is 1.81. The molecule has 0 aromatic carbocycles. The molecule has 18 heavy (non-hydrogen) atoms. The summed E-state index contributed by atoms with van der Waals surface area (Å²) in [5.74, 6) is -0.959. The molecule has 6 nitrogen and oxygen atoms in total. The molecule has 2 aromatic heterocycles. The summed E-state index contributed by atoms with van der Waals surface area (Å²) in [7, 11) is 1.85. The molecule has 0 radical (unpaired) electrons. The quantitative estimate of drug-likeness (QED) is 0.937. The molecule has 0 saturated carbocycles. The Labute approximate surface area is 112 Å². The Morgan fingerprint density at radius 2 is 2.17 bits per heavy atom. The maximum atomic E-state index is 10.9. The predicted molar refractivity (Wildman–Crippen MR) is 68.7 cm³/mol. The molecule has 1 N–H and O–H groups in total. The lowest BCUT2D eigenvalue weighted by molar-refractivity contribution is 0.0696.